The van der Waals surface area contributed by atoms with Crippen LogP contribution in [0.5, 0.6) is 0 Å². The zero-order valence-corrected chi connectivity index (χ0v) is 13.0. The monoisotopic (exact) mass is 315 g/mol. The number of aromatic amines is 1. The molecule has 7 nitrogen and oxygen atoms in total. The number of aromatic nitrogens is 3. The highest BCUT2D eigenvalue weighted by molar-refractivity contribution is 7.91. The van der Waals surface area contributed by atoms with Crippen molar-refractivity contribution in [3.63, 3.8) is 0 Å². The summed E-state index contributed by atoms with van der Waals surface area (Å²) in [7, 11) is -1.99. The van der Waals surface area contributed by atoms with Crippen LogP contribution in [0.15, 0.2) is 16.3 Å². The van der Waals surface area contributed by atoms with Crippen LogP contribution in [0, 0.1) is 6.92 Å². The van der Waals surface area contributed by atoms with Gasteiger partial charge in [0.2, 0.25) is 0 Å². The van der Waals surface area contributed by atoms with Gasteiger partial charge in [-0.15, -0.1) is 11.3 Å². The van der Waals surface area contributed by atoms with Crippen molar-refractivity contribution in [2.45, 2.75) is 24.1 Å². The Labute approximate surface area is 121 Å². The Bertz CT molecular complexity index is 677. The number of hydrogen-bond acceptors (Lipinski definition) is 6. The van der Waals surface area contributed by atoms with Gasteiger partial charge in [0.1, 0.15) is 10.0 Å². The molecule has 2 rings (SSSR count). The average molecular weight is 315 g/mol. The molecule has 0 aromatic carbocycles. The topological polar surface area (TPSA) is 105 Å². The van der Waals surface area contributed by atoms with Gasteiger partial charge in [0, 0.05) is 11.9 Å². The fourth-order valence-corrected chi connectivity index (χ4v) is 4.38. The van der Waals surface area contributed by atoms with Gasteiger partial charge in [-0.3, -0.25) is 5.10 Å². The predicted octanol–water partition coefficient (Wildman–Crippen LogP) is 0.497. The Morgan fingerprint density at radius 1 is 1.45 bits per heavy atom. The highest BCUT2D eigenvalue weighted by Crippen LogP contribution is 2.25. The third kappa shape index (κ3) is 3.23. The summed E-state index contributed by atoms with van der Waals surface area (Å²) in [5.41, 5.74) is 5.47. The molecule has 0 saturated heterocycles. The van der Waals surface area contributed by atoms with Crippen LogP contribution in [0.1, 0.15) is 16.5 Å². The molecular formula is C11H17N5O2S2. The quantitative estimate of drug-likeness (QED) is 0.807. The van der Waals surface area contributed by atoms with Crippen molar-refractivity contribution in [3.05, 3.63) is 28.7 Å². The number of nitrogens with two attached hydrogens (primary N) is 1. The van der Waals surface area contributed by atoms with E-state index in [2.05, 4.69) is 15.2 Å². The summed E-state index contributed by atoms with van der Waals surface area (Å²) in [6, 6.07) is 3.42. The van der Waals surface area contributed by atoms with Crippen LogP contribution in [0.3, 0.4) is 0 Å². The van der Waals surface area contributed by atoms with E-state index in [1.807, 2.05) is 0 Å². The van der Waals surface area contributed by atoms with Gasteiger partial charge < -0.3 is 5.73 Å². The first-order chi connectivity index (χ1) is 9.43. The predicted molar refractivity (Wildman–Crippen MR) is 76.8 cm³/mol. The number of nitrogens with zero attached hydrogens (tertiary/aromatic N) is 3. The van der Waals surface area contributed by atoms with E-state index < -0.39 is 10.0 Å². The van der Waals surface area contributed by atoms with Crippen LogP contribution in [0.2, 0.25) is 0 Å². The molecule has 0 aliphatic carbocycles. The third-order valence-corrected chi connectivity index (χ3v) is 6.12. The van der Waals surface area contributed by atoms with Crippen LogP contribution in [-0.4, -0.2) is 41.5 Å². The highest BCUT2D eigenvalue weighted by atomic mass is 32.2. The number of rotatable bonds is 6. The van der Waals surface area contributed by atoms with Crippen LogP contribution in [-0.2, 0) is 23.0 Å². The lowest BCUT2D eigenvalue weighted by Crippen LogP contribution is -2.26. The van der Waals surface area contributed by atoms with Crippen molar-refractivity contribution in [2.24, 2.45) is 5.73 Å². The van der Waals surface area contributed by atoms with Crippen LogP contribution in [0.4, 0.5) is 0 Å². The lowest BCUT2D eigenvalue weighted by Gasteiger charge is -2.13. The number of sulfonamides is 1. The molecule has 0 fully saturated rings. The van der Waals surface area contributed by atoms with E-state index >= 15 is 0 Å². The first kappa shape index (κ1) is 15.1. The fraction of sp³-hybridized carbons (Fsp3) is 0.455. The zero-order valence-electron chi connectivity index (χ0n) is 11.3. The van der Waals surface area contributed by atoms with E-state index in [9.17, 15) is 8.42 Å². The van der Waals surface area contributed by atoms with Crippen molar-refractivity contribution in [1.29, 1.82) is 0 Å². The summed E-state index contributed by atoms with van der Waals surface area (Å²) >= 11 is 1.25. The van der Waals surface area contributed by atoms with E-state index in [0.717, 1.165) is 4.88 Å². The molecule has 0 spiro atoms. The minimum Gasteiger partial charge on any atom is -0.330 e. The van der Waals surface area contributed by atoms with Gasteiger partial charge in [-0.25, -0.2) is 13.4 Å². The van der Waals surface area contributed by atoms with Crippen molar-refractivity contribution < 1.29 is 8.42 Å². The zero-order chi connectivity index (χ0) is 14.8. The number of H-pyrrole nitrogens is 1. The Balaban J connectivity index is 2.15. The molecule has 0 radical (unpaired) electrons. The third-order valence-electron chi connectivity index (χ3n) is 2.70. The molecule has 110 valence electrons. The van der Waals surface area contributed by atoms with E-state index in [4.69, 9.17) is 5.73 Å². The first-order valence-electron chi connectivity index (χ1n) is 6.06. The van der Waals surface area contributed by atoms with Crippen molar-refractivity contribution in [1.82, 2.24) is 19.5 Å². The largest absolute Gasteiger partial charge is 0.330 e. The second kappa shape index (κ2) is 6.00. The van der Waals surface area contributed by atoms with Gasteiger partial charge in [0.25, 0.3) is 10.0 Å². The molecule has 0 bridgehead atoms. The molecule has 2 aromatic heterocycles. The summed E-state index contributed by atoms with van der Waals surface area (Å²) in [6.07, 6.45) is 0.685. The molecule has 0 unspecified atom stereocenters. The van der Waals surface area contributed by atoms with Crippen LogP contribution >= 0.6 is 11.3 Å². The average Bonchev–Trinajstić information content (AvgIpc) is 2.99. The fourth-order valence-electron chi connectivity index (χ4n) is 1.67. The van der Waals surface area contributed by atoms with Gasteiger partial charge in [0.15, 0.2) is 5.82 Å². The molecule has 2 heterocycles. The van der Waals surface area contributed by atoms with E-state index in [-0.39, 0.29) is 6.54 Å². The molecule has 0 aliphatic rings. The standard InChI is InChI=1S/C11H17N5O2S2/c1-8-13-10(15-14-8)7-16(2)20(17,18)11-4-3-9(19-11)5-6-12/h3-4H,5-7,12H2,1-2H3,(H,13,14,15). The molecule has 9 heteroatoms. The minimum absolute atomic E-state index is 0.136. The number of thiophene rings is 1. The van der Waals surface area contributed by atoms with E-state index in [1.54, 1.807) is 19.1 Å². The molecule has 0 amide bonds. The SMILES string of the molecule is Cc1nc(CN(C)S(=O)(=O)c2ccc(CCN)s2)n[nH]1. The van der Waals surface area contributed by atoms with Crippen LogP contribution in [0.25, 0.3) is 0 Å². The maximum Gasteiger partial charge on any atom is 0.252 e. The first-order valence-corrected chi connectivity index (χ1v) is 8.32. The summed E-state index contributed by atoms with van der Waals surface area (Å²) in [5.74, 6) is 1.11. The van der Waals surface area contributed by atoms with Crippen molar-refractivity contribution >= 4 is 21.4 Å². The van der Waals surface area contributed by atoms with Crippen molar-refractivity contribution in [3.8, 4) is 0 Å². The summed E-state index contributed by atoms with van der Waals surface area (Å²) in [4.78, 5) is 5.07. The molecule has 0 saturated carbocycles. The van der Waals surface area contributed by atoms with Crippen molar-refractivity contribution in [2.75, 3.05) is 13.6 Å². The summed E-state index contributed by atoms with van der Waals surface area (Å²) < 4.78 is 26.4. The second-order valence-electron chi connectivity index (χ2n) is 4.36. The Kier molecular flexibility index (Phi) is 4.53. The molecule has 20 heavy (non-hydrogen) atoms. The number of aryl methyl sites for hydroxylation is 1. The van der Waals surface area contributed by atoms with Gasteiger partial charge in [-0.05, 0) is 32.0 Å². The Hall–Kier alpha value is -1.29. The van der Waals surface area contributed by atoms with Crippen LogP contribution < -0.4 is 5.73 Å². The van der Waals surface area contributed by atoms with Gasteiger partial charge in [-0.1, -0.05) is 0 Å². The Morgan fingerprint density at radius 3 is 2.80 bits per heavy atom. The maximum absolute atomic E-state index is 12.4. The summed E-state index contributed by atoms with van der Waals surface area (Å²) in [6.45, 7) is 2.41. The maximum atomic E-state index is 12.4. The number of hydrogen-bond donors (Lipinski definition) is 2. The minimum atomic E-state index is -3.51. The van der Waals surface area contributed by atoms with Gasteiger partial charge >= 0.3 is 0 Å². The second-order valence-corrected chi connectivity index (χ2v) is 7.80. The lowest BCUT2D eigenvalue weighted by molar-refractivity contribution is 0.459. The van der Waals surface area contributed by atoms with E-state index in [1.165, 1.54) is 22.7 Å². The Morgan fingerprint density at radius 2 is 2.20 bits per heavy atom. The molecule has 0 atom stereocenters. The smallest absolute Gasteiger partial charge is 0.252 e. The summed E-state index contributed by atoms with van der Waals surface area (Å²) in [5, 5.41) is 6.63. The lowest BCUT2D eigenvalue weighted by atomic mass is 10.3. The molecule has 2 aromatic rings. The normalized spacial score (nSPS) is 12.2. The number of nitrogens with one attached hydrogen (secondary N) is 1. The molecular weight excluding hydrogens is 298 g/mol. The molecule has 3 N–H and O–H groups in total. The van der Waals surface area contributed by atoms with Gasteiger partial charge in [-0.2, -0.15) is 9.40 Å². The van der Waals surface area contributed by atoms with Gasteiger partial charge in [0.05, 0.1) is 6.54 Å². The van der Waals surface area contributed by atoms with E-state index in [0.29, 0.717) is 28.8 Å². The molecule has 0 aliphatic heterocycles. The highest BCUT2D eigenvalue weighted by Gasteiger charge is 2.24.